The van der Waals surface area contributed by atoms with Gasteiger partial charge in [-0.3, -0.25) is 4.79 Å². The van der Waals surface area contributed by atoms with Gasteiger partial charge >= 0.3 is 6.18 Å². The number of carbonyl (C=O) groups is 1. The summed E-state index contributed by atoms with van der Waals surface area (Å²) in [7, 11) is 3.93. The summed E-state index contributed by atoms with van der Waals surface area (Å²) in [6.45, 7) is 4.48. The molecule has 1 aliphatic heterocycles. The minimum absolute atomic E-state index is 0.0869. The third kappa shape index (κ3) is 5.37. The molecule has 1 aromatic carbocycles. The summed E-state index contributed by atoms with van der Waals surface area (Å²) in [6.07, 6.45) is -2.53. The van der Waals surface area contributed by atoms with Gasteiger partial charge in [0.1, 0.15) is 0 Å². The third-order valence-electron chi connectivity index (χ3n) is 4.74. The minimum atomic E-state index is -4.38. The van der Waals surface area contributed by atoms with Crippen molar-refractivity contribution < 1.29 is 18.0 Å². The molecule has 0 saturated carbocycles. The number of nitrogens with zero attached hydrogens (tertiary/aromatic N) is 3. The summed E-state index contributed by atoms with van der Waals surface area (Å²) in [5, 5.41) is 0. The predicted octanol–water partition coefficient (Wildman–Crippen LogP) is 3.26. The molecule has 0 unspecified atom stereocenters. The lowest BCUT2D eigenvalue weighted by molar-refractivity contribution is -0.137. The first-order valence-electron chi connectivity index (χ1n) is 9.10. The van der Waals surface area contributed by atoms with Crippen LogP contribution in [-0.2, 0) is 17.4 Å². The largest absolute Gasteiger partial charge is 0.418 e. The molecule has 0 aromatic heterocycles. The molecule has 2 rings (SSSR count). The lowest BCUT2D eigenvalue weighted by atomic mass is 10.0. The second-order valence-electron chi connectivity index (χ2n) is 6.98. The first-order valence-corrected chi connectivity index (χ1v) is 9.10. The number of hydrogen-bond acceptors (Lipinski definition) is 3. The Morgan fingerprint density at radius 3 is 2.35 bits per heavy atom. The van der Waals surface area contributed by atoms with E-state index in [1.54, 1.807) is 21.9 Å². The van der Waals surface area contributed by atoms with Gasteiger partial charge in [-0.15, -0.1) is 0 Å². The zero-order chi connectivity index (χ0) is 19.3. The molecule has 0 spiro atoms. The summed E-state index contributed by atoms with van der Waals surface area (Å²) in [6, 6.07) is 4.56. The van der Waals surface area contributed by atoms with Crippen LogP contribution >= 0.6 is 0 Å². The Morgan fingerprint density at radius 1 is 1.15 bits per heavy atom. The number of carbonyl (C=O) groups excluding carboxylic acids is 1. The average molecular weight is 371 g/mol. The molecule has 1 aromatic rings. The Hall–Kier alpha value is -1.76. The van der Waals surface area contributed by atoms with Gasteiger partial charge in [-0.1, -0.05) is 13.0 Å². The molecule has 7 heteroatoms. The average Bonchev–Trinajstić information content (AvgIpc) is 2.60. The number of halogens is 3. The van der Waals surface area contributed by atoms with Crippen LogP contribution in [0.4, 0.5) is 18.9 Å². The van der Waals surface area contributed by atoms with E-state index in [0.717, 1.165) is 13.0 Å². The van der Waals surface area contributed by atoms with Crippen LogP contribution in [0.1, 0.15) is 30.9 Å². The van der Waals surface area contributed by atoms with Crippen molar-refractivity contribution in [1.82, 2.24) is 9.80 Å². The molecule has 1 fully saturated rings. The van der Waals surface area contributed by atoms with Crippen molar-refractivity contribution in [3.63, 3.8) is 0 Å². The Kier molecular flexibility index (Phi) is 6.92. The van der Waals surface area contributed by atoms with Gasteiger partial charge in [-0.25, -0.2) is 0 Å². The van der Waals surface area contributed by atoms with Gasteiger partial charge in [0.05, 0.1) is 5.56 Å². The van der Waals surface area contributed by atoms with E-state index in [1.165, 1.54) is 6.07 Å². The Balaban J connectivity index is 2.00. The molecule has 26 heavy (non-hydrogen) atoms. The van der Waals surface area contributed by atoms with Gasteiger partial charge in [0.2, 0.25) is 5.91 Å². The number of anilines is 1. The van der Waals surface area contributed by atoms with Crippen molar-refractivity contribution >= 4 is 11.6 Å². The van der Waals surface area contributed by atoms with E-state index < -0.39 is 11.7 Å². The first-order chi connectivity index (χ1) is 12.2. The Morgan fingerprint density at radius 2 is 1.81 bits per heavy atom. The van der Waals surface area contributed by atoms with Crippen molar-refractivity contribution in [2.75, 3.05) is 51.7 Å². The second-order valence-corrected chi connectivity index (χ2v) is 6.98. The van der Waals surface area contributed by atoms with Crippen LogP contribution in [0, 0.1) is 0 Å². The highest BCUT2D eigenvalue weighted by molar-refractivity contribution is 5.76. The van der Waals surface area contributed by atoms with Crippen molar-refractivity contribution in [2.24, 2.45) is 0 Å². The highest BCUT2D eigenvalue weighted by atomic mass is 19.4. The SMILES string of the molecule is CCc1ccc(N2CCN(C(=O)CCCN(C)C)CC2)c(C(F)(F)F)c1. The fraction of sp³-hybridized carbons (Fsp3) is 0.632. The van der Waals surface area contributed by atoms with Crippen molar-refractivity contribution in [2.45, 2.75) is 32.4 Å². The number of benzene rings is 1. The van der Waals surface area contributed by atoms with E-state index in [4.69, 9.17) is 0 Å². The number of alkyl halides is 3. The van der Waals surface area contributed by atoms with E-state index in [0.29, 0.717) is 44.6 Å². The number of amides is 1. The topological polar surface area (TPSA) is 26.8 Å². The van der Waals surface area contributed by atoms with E-state index in [-0.39, 0.29) is 11.6 Å². The normalized spacial score (nSPS) is 15.7. The molecule has 1 amide bonds. The van der Waals surface area contributed by atoms with E-state index in [2.05, 4.69) is 0 Å². The van der Waals surface area contributed by atoms with Crippen LogP contribution in [-0.4, -0.2) is 62.5 Å². The molecule has 1 saturated heterocycles. The second kappa shape index (κ2) is 8.75. The molecule has 146 valence electrons. The van der Waals surface area contributed by atoms with Gasteiger partial charge in [0, 0.05) is 38.3 Å². The zero-order valence-electron chi connectivity index (χ0n) is 15.8. The standard InChI is InChI=1S/C19H28F3N3O/c1-4-15-7-8-17(16(14-15)19(20,21)22)24-10-12-25(13-11-24)18(26)6-5-9-23(2)3/h7-8,14H,4-6,9-13H2,1-3H3. The lowest BCUT2D eigenvalue weighted by Gasteiger charge is -2.37. The van der Waals surface area contributed by atoms with E-state index in [1.807, 2.05) is 25.9 Å². The van der Waals surface area contributed by atoms with Gasteiger partial charge < -0.3 is 14.7 Å². The van der Waals surface area contributed by atoms with Crippen molar-refractivity contribution in [3.05, 3.63) is 29.3 Å². The molecule has 0 radical (unpaired) electrons. The molecule has 1 aliphatic rings. The zero-order valence-corrected chi connectivity index (χ0v) is 15.8. The molecule has 0 bridgehead atoms. The molecule has 1 heterocycles. The molecule has 0 N–H and O–H groups in total. The summed E-state index contributed by atoms with van der Waals surface area (Å²) in [5.41, 5.74) is 0.313. The molecule has 0 aliphatic carbocycles. The first kappa shape index (κ1) is 20.6. The monoisotopic (exact) mass is 371 g/mol. The molecular formula is C19H28F3N3O. The van der Waals surface area contributed by atoms with Gasteiger partial charge in [0.25, 0.3) is 0 Å². The summed E-state index contributed by atoms with van der Waals surface area (Å²) in [4.78, 5) is 17.8. The predicted molar refractivity (Wildman–Crippen MR) is 97.4 cm³/mol. The highest BCUT2D eigenvalue weighted by Gasteiger charge is 2.36. The maximum Gasteiger partial charge on any atom is 0.418 e. The summed E-state index contributed by atoms with van der Waals surface area (Å²) in [5.74, 6) is 0.0869. The number of aryl methyl sites for hydroxylation is 1. The third-order valence-corrected chi connectivity index (χ3v) is 4.74. The fourth-order valence-electron chi connectivity index (χ4n) is 3.21. The molecule has 0 atom stereocenters. The van der Waals surface area contributed by atoms with E-state index in [9.17, 15) is 18.0 Å². The summed E-state index contributed by atoms with van der Waals surface area (Å²) >= 11 is 0. The maximum atomic E-state index is 13.4. The fourth-order valence-corrected chi connectivity index (χ4v) is 3.21. The summed E-state index contributed by atoms with van der Waals surface area (Å²) < 4.78 is 40.3. The van der Waals surface area contributed by atoms with Crippen LogP contribution in [0.3, 0.4) is 0 Å². The Labute approximate surface area is 153 Å². The van der Waals surface area contributed by atoms with Crippen molar-refractivity contribution in [3.8, 4) is 0 Å². The molecular weight excluding hydrogens is 343 g/mol. The van der Waals surface area contributed by atoms with Crippen LogP contribution in [0.15, 0.2) is 18.2 Å². The van der Waals surface area contributed by atoms with Crippen LogP contribution in [0.25, 0.3) is 0 Å². The number of rotatable bonds is 6. The number of hydrogen-bond donors (Lipinski definition) is 0. The van der Waals surface area contributed by atoms with Crippen LogP contribution < -0.4 is 4.90 Å². The highest BCUT2D eigenvalue weighted by Crippen LogP contribution is 2.37. The maximum absolute atomic E-state index is 13.4. The smallest absolute Gasteiger partial charge is 0.367 e. The molecule has 4 nitrogen and oxygen atoms in total. The number of piperazine rings is 1. The quantitative estimate of drug-likeness (QED) is 0.768. The van der Waals surface area contributed by atoms with Gasteiger partial charge in [-0.05, 0) is 51.2 Å². The van der Waals surface area contributed by atoms with Crippen LogP contribution in [0.2, 0.25) is 0 Å². The van der Waals surface area contributed by atoms with Gasteiger partial charge in [-0.2, -0.15) is 13.2 Å². The van der Waals surface area contributed by atoms with E-state index >= 15 is 0 Å². The van der Waals surface area contributed by atoms with Gasteiger partial charge in [0.15, 0.2) is 0 Å². The Bertz CT molecular complexity index is 609. The van der Waals surface area contributed by atoms with Crippen molar-refractivity contribution in [1.29, 1.82) is 0 Å². The van der Waals surface area contributed by atoms with Crippen LogP contribution in [0.5, 0.6) is 0 Å². The minimum Gasteiger partial charge on any atom is -0.367 e. The lowest BCUT2D eigenvalue weighted by Crippen LogP contribution is -2.49.